The fourth-order valence-electron chi connectivity index (χ4n) is 1.41. The molecule has 2 rings (SSSR count). The fourth-order valence-corrected chi connectivity index (χ4v) is 2.40. The van der Waals surface area contributed by atoms with E-state index in [4.69, 9.17) is 9.52 Å². The Kier molecular flexibility index (Phi) is 3.54. The third-order valence-corrected chi connectivity index (χ3v) is 3.43. The van der Waals surface area contributed by atoms with Gasteiger partial charge in [0.15, 0.2) is 0 Å². The maximum Gasteiger partial charge on any atom is 0.295 e. The monoisotopic (exact) mass is 289 g/mol. The molecule has 0 aliphatic rings. The Morgan fingerprint density at radius 3 is 2.32 bits per heavy atom. The van der Waals surface area contributed by atoms with Gasteiger partial charge in [0.05, 0.1) is 5.69 Å². The second-order valence-electron chi connectivity index (χ2n) is 3.64. The van der Waals surface area contributed by atoms with Crippen LogP contribution in [-0.4, -0.2) is 13.5 Å². The van der Waals surface area contributed by atoms with E-state index in [1.807, 2.05) is 4.72 Å². The van der Waals surface area contributed by atoms with Crippen LogP contribution in [0.4, 0.5) is 14.5 Å². The third-order valence-electron chi connectivity index (χ3n) is 2.17. The van der Waals surface area contributed by atoms with Gasteiger partial charge in [0.1, 0.15) is 24.0 Å². The largest absolute Gasteiger partial charge is 0.445 e. The molecule has 0 atom stereocenters. The number of aliphatic hydroxyl groups excluding tert-OH is 1. The van der Waals surface area contributed by atoms with E-state index in [1.165, 1.54) is 6.07 Å². The number of anilines is 1. The molecule has 0 unspecified atom stereocenters. The van der Waals surface area contributed by atoms with Crippen molar-refractivity contribution in [3.8, 4) is 0 Å². The zero-order chi connectivity index (χ0) is 14.0. The molecule has 1 aromatic heterocycles. The van der Waals surface area contributed by atoms with Crippen LogP contribution in [-0.2, 0) is 16.6 Å². The number of aliphatic hydroxyl groups is 1. The summed E-state index contributed by atoms with van der Waals surface area (Å²) in [5.41, 5.74) is -0.264. The van der Waals surface area contributed by atoms with E-state index in [0.29, 0.717) is 6.07 Å². The Morgan fingerprint density at radius 2 is 1.79 bits per heavy atom. The average Bonchev–Trinajstić information content (AvgIpc) is 2.75. The van der Waals surface area contributed by atoms with E-state index >= 15 is 0 Å². The molecule has 0 radical (unpaired) electrons. The van der Waals surface area contributed by atoms with Crippen LogP contribution in [0.3, 0.4) is 0 Å². The summed E-state index contributed by atoms with van der Waals surface area (Å²) in [4.78, 5) is 0. The predicted octanol–water partition coefficient (Wildman–Crippen LogP) is 1.85. The Morgan fingerprint density at radius 1 is 1.16 bits per heavy atom. The van der Waals surface area contributed by atoms with Gasteiger partial charge in [0, 0.05) is 6.07 Å². The molecule has 0 aliphatic heterocycles. The zero-order valence-electron chi connectivity index (χ0n) is 9.43. The topological polar surface area (TPSA) is 79.5 Å². The number of sulfonamides is 1. The summed E-state index contributed by atoms with van der Waals surface area (Å²) in [6.07, 6.45) is 0. The lowest BCUT2D eigenvalue weighted by Gasteiger charge is -2.05. The van der Waals surface area contributed by atoms with Gasteiger partial charge in [-0.05, 0) is 24.3 Å². The number of halogens is 2. The quantitative estimate of drug-likeness (QED) is 0.900. The van der Waals surface area contributed by atoms with Crippen molar-refractivity contribution in [2.75, 3.05) is 4.72 Å². The lowest BCUT2D eigenvalue weighted by atomic mass is 10.3. The van der Waals surface area contributed by atoms with Crippen LogP contribution >= 0.6 is 0 Å². The van der Waals surface area contributed by atoms with Crippen molar-refractivity contribution >= 4 is 15.7 Å². The van der Waals surface area contributed by atoms with Crippen LogP contribution in [0.2, 0.25) is 0 Å². The minimum Gasteiger partial charge on any atom is -0.445 e. The second kappa shape index (κ2) is 4.98. The second-order valence-corrected chi connectivity index (χ2v) is 5.26. The number of rotatable bonds is 4. The highest BCUT2D eigenvalue weighted by atomic mass is 32.2. The SMILES string of the molecule is O=S(=O)(Nc1cc(F)cc(F)c1)c1ccc(CO)o1. The highest BCUT2D eigenvalue weighted by Gasteiger charge is 2.19. The van der Waals surface area contributed by atoms with Gasteiger partial charge in [-0.3, -0.25) is 4.72 Å². The van der Waals surface area contributed by atoms with Crippen molar-refractivity contribution < 1.29 is 26.7 Å². The molecule has 1 aromatic carbocycles. The van der Waals surface area contributed by atoms with Crippen LogP contribution in [0.5, 0.6) is 0 Å². The number of furan rings is 1. The average molecular weight is 289 g/mol. The van der Waals surface area contributed by atoms with Gasteiger partial charge in [-0.1, -0.05) is 0 Å². The third kappa shape index (κ3) is 3.09. The van der Waals surface area contributed by atoms with Crippen molar-refractivity contribution in [3.05, 3.63) is 47.7 Å². The molecule has 1 heterocycles. The molecular weight excluding hydrogens is 280 g/mol. The number of hydrogen-bond donors (Lipinski definition) is 2. The summed E-state index contributed by atoms with van der Waals surface area (Å²) >= 11 is 0. The molecule has 0 spiro atoms. The Bertz CT molecular complexity index is 676. The molecule has 0 amide bonds. The standard InChI is InChI=1S/C11H9F2NO4S/c12-7-3-8(13)5-9(4-7)14-19(16,17)11-2-1-10(6-15)18-11/h1-5,14-15H,6H2. The Balaban J connectivity index is 2.30. The minimum absolute atomic E-state index is 0.0609. The first kappa shape index (κ1) is 13.5. The first-order valence-corrected chi connectivity index (χ1v) is 6.57. The van der Waals surface area contributed by atoms with Crippen molar-refractivity contribution in [2.24, 2.45) is 0 Å². The van der Waals surface area contributed by atoms with Crippen LogP contribution < -0.4 is 4.72 Å². The Labute approximate surface area is 107 Å². The van der Waals surface area contributed by atoms with Gasteiger partial charge in [-0.2, -0.15) is 8.42 Å². The molecule has 2 N–H and O–H groups in total. The van der Waals surface area contributed by atoms with Crippen molar-refractivity contribution in [1.29, 1.82) is 0 Å². The summed E-state index contributed by atoms with van der Waals surface area (Å²) in [5.74, 6) is -1.76. The predicted molar refractivity (Wildman–Crippen MR) is 61.8 cm³/mol. The number of hydrogen-bond acceptors (Lipinski definition) is 4. The molecule has 0 saturated heterocycles. The first-order chi connectivity index (χ1) is 8.90. The van der Waals surface area contributed by atoms with Gasteiger partial charge in [-0.25, -0.2) is 8.78 Å². The normalized spacial score (nSPS) is 11.5. The summed E-state index contributed by atoms with van der Waals surface area (Å²) in [7, 11) is -4.10. The minimum atomic E-state index is -4.10. The molecule has 19 heavy (non-hydrogen) atoms. The number of benzene rings is 1. The molecule has 8 heteroatoms. The molecule has 0 saturated carbocycles. The van der Waals surface area contributed by atoms with E-state index in [2.05, 4.69) is 0 Å². The molecule has 0 fully saturated rings. The fraction of sp³-hybridized carbons (Fsp3) is 0.0909. The van der Waals surface area contributed by atoms with Crippen LogP contribution in [0, 0.1) is 11.6 Å². The maximum absolute atomic E-state index is 12.9. The van der Waals surface area contributed by atoms with Gasteiger partial charge < -0.3 is 9.52 Å². The van der Waals surface area contributed by atoms with Gasteiger partial charge >= 0.3 is 0 Å². The molecule has 102 valence electrons. The van der Waals surface area contributed by atoms with Gasteiger partial charge in [0.2, 0.25) is 5.09 Å². The van der Waals surface area contributed by atoms with Gasteiger partial charge in [0.25, 0.3) is 10.0 Å². The molecule has 0 bridgehead atoms. The molecule has 5 nitrogen and oxygen atoms in total. The van der Waals surface area contributed by atoms with Crippen LogP contribution in [0.1, 0.15) is 5.76 Å². The summed E-state index contributed by atoms with van der Waals surface area (Å²) in [6.45, 7) is -0.454. The highest BCUT2D eigenvalue weighted by molar-refractivity contribution is 7.92. The van der Waals surface area contributed by atoms with E-state index in [0.717, 1.165) is 18.2 Å². The van der Waals surface area contributed by atoms with E-state index in [9.17, 15) is 17.2 Å². The lowest BCUT2D eigenvalue weighted by Crippen LogP contribution is -2.12. The summed E-state index contributed by atoms with van der Waals surface area (Å²) in [5, 5.41) is 8.31. The van der Waals surface area contributed by atoms with E-state index in [-0.39, 0.29) is 11.4 Å². The lowest BCUT2D eigenvalue weighted by molar-refractivity contribution is 0.236. The van der Waals surface area contributed by atoms with Crippen LogP contribution in [0.15, 0.2) is 39.8 Å². The van der Waals surface area contributed by atoms with Crippen molar-refractivity contribution in [2.45, 2.75) is 11.7 Å². The molecular formula is C11H9F2NO4S. The molecule has 2 aromatic rings. The Hall–Kier alpha value is -1.93. The zero-order valence-corrected chi connectivity index (χ0v) is 10.2. The van der Waals surface area contributed by atoms with Gasteiger partial charge in [-0.15, -0.1) is 0 Å². The van der Waals surface area contributed by atoms with Crippen LogP contribution in [0.25, 0.3) is 0 Å². The maximum atomic E-state index is 12.9. The van der Waals surface area contributed by atoms with E-state index in [1.54, 1.807) is 0 Å². The first-order valence-electron chi connectivity index (χ1n) is 5.09. The summed E-state index contributed by atoms with van der Waals surface area (Å²) in [6, 6.07) is 4.69. The van der Waals surface area contributed by atoms with E-state index < -0.39 is 33.4 Å². The summed E-state index contributed by atoms with van der Waals surface area (Å²) < 4.78 is 56.3. The number of nitrogens with one attached hydrogen (secondary N) is 1. The molecule has 0 aliphatic carbocycles. The van der Waals surface area contributed by atoms with Crippen molar-refractivity contribution in [3.63, 3.8) is 0 Å². The van der Waals surface area contributed by atoms with Crippen molar-refractivity contribution in [1.82, 2.24) is 0 Å². The smallest absolute Gasteiger partial charge is 0.295 e. The highest BCUT2D eigenvalue weighted by Crippen LogP contribution is 2.20.